The molecule has 32 heavy (non-hydrogen) atoms. The number of pyridine rings is 2. The Balaban J connectivity index is 1.35. The molecule has 3 heterocycles. The Morgan fingerprint density at radius 3 is 2.72 bits per heavy atom. The molecule has 1 saturated heterocycles. The SMILES string of the molecule is Cc1cc(Oc2ncccc2C#N)ccc1NC(=O)C1CCN(c2ccc(Cl)cn2)CC1. The Kier molecular flexibility index (Phi) is 6.52. The molecular formula is C24H22ClN5O2. The summed E-state index contributed by atoms with van der Waals surface area (Å²) < 4.78 is 5.75. The highest BCUT2D eigenvalue weighted by Crippen LogP contribution is 2.28. The van der Waals surface area contributed by atoms with Gasteiger partial charge in [0.05, 0.1) is 5.02 Å². The zero-order chi connectivity index (χ0) is 22.5. The topological polar surface area (TPSA) is 91.1 Å². The second-order valence-electron chi connectivity index (χ2n) is 7.63. The van der Waals surface area contributed by atoms with Gasteiger partial charge in [-0.05, 0) is 67.8 Å². The maximum Gasteiger partial charge on any atom is 0.237 e. The molecule has 0 saturated carbocycles. The van der Waals surface area contributed by atoms with Crippen LogP contribution in [0.1, 0.15) is 24.0 Å². The molecule has 4 rings (SSSR count). The molecule has 0 bridgehead atoms. The van der Waals surface area contributed by atoms with Crippen molar-refractivity contribution in [2.45, 2.75) is 19.8 Å². The number of amides is 1. The summed E-state index contributed by atoms with van der Waals surface area (Å²) in [5, 5.41) is 12.8. The molecule has 1 N–H and O–H groups in total. The van der Waals surface area contributed by atoms with Gasteiger partial charge in [-0.1, -0.05) is 11.6 Å². The second kappa shape index (κ2) is 9.67. The summed E-state index contributed by atoms with van der Waals surface area (Å²) in [6.45, 7) is 3.44. The summed E-state index contributed by atoms with van der Waals surface area (Å²) in [4.78, 5) is 23.5. The molecule has 1 fully saturated rings. The number of hydrogen-bond acceptors (Lipinski definition) is 6. The average Bonchev–Trinajstić information content (AvgIpc) is 2.82. The molecule has 0 unspecified atom stereocenters. The van der Waals surface area contributed by atoms with Crippen LogP contribution in [0.25, 0.3) is 0 Å². The van der Waals surface area contributed by atoms with Crippen LogP contribution in [0.15, 0.2) is 54.9 Å². The van der Waals surface area contributed by atoms with Crippen molar-refractivity contribution in [3.05, 3.63) is 71.0 Å². The Morgan fingerprint density at radius 2 is 2.03 bits per heavy atom. The van der Waals surface area contributed by atoms with Gasteiger partial charge in [0.1, 0.15) is 23.2 Å². The van der Waals surface area contributed by atoms with E-state index in [1.807, 2.05) is 31.2 Å². The zero-order valence-electron chi connectivity index (χ0n) is 17.6. The van der Waals surface area contributed by atoms with Gasteiger partial charge in [-0.25, -0.2) is 9.97 Å². The number of nitriles is 1. The van der Waals surface area contributed by atoms with Gasteiger partial charge in [-0.15, -0.1) is 0 Å². The van der Waals surface area contributed by atoms with Gasteiger partial charge in [-0.3, -0.25) is 4.79 Å². The van der Waals surface area contributed by atoms with Crippen LogP contribution in [0.2, 0.25) is 5.02 Å². The maximum absolute atomic E-state index is 12.8. The smallest absolute Gasteiger partial charge is 0.237 e. The summed E-state index contributed by atoms with van der Waals surface area (Å²) in [6, 6.07) is 14.5. The lowest BCUT2D eigenvalue weighted by Crippen LogP contribution is -2.38. The van der Waals surface area contributed by atoms with Crippen LogP contribution >= 0.6 is 11.6 Å². The summed E-state index contributed by atoms with van der Waals surface area (Å²) in [7, 11) is 0. The van der Waals surface area contributed by atoms with Gasteiger partial charge in [0.15, 0.2) is 0 Å². The number of hydrogen-bond donors (Lipinski definition) is 1. The summed E-state index contributed by atoms with van der Waals surface area (Å²) in [6.07, 6.45) is 4.73. The maximum atomic E-state index is 12.8. The highest BCUT2D eigenvalue weighted by atomic mass is 35.5. The average molecular weight is 448 g/mol. The minimum absolute atomic E-state index is 0.0157. The normalized spacial score (nSPS) is 14.0. The quantitative estimate of drug-likeness (QED) is 0.594. The number of benzene rings is 1. The van der Waals surface area contributed by atoms with Gasteiger partial charge in [-0.2, -0.15) is 5.26 Å². The summed E-state index contributed by atoms with van der Waals surface area (Å²) in [5.41, 5.74) is 1.97. The van der Waals surface area contributed by atoms with Crippen molar-refractivity contribution in [2.75, 3.05) is 23.3 Å². The number of halogens is 1. The van der Waals surface area contributed by atoms with Gasteiger partial charge in [0.25, 0.3) is 0 Å². The lowest BCUT2D eigenvalue weighted by Gasteiger charge is -2.32. The number of aryl methyl sites for hydroxylation is 1. The fourth-order valence-corrected chi connectivity index (χ4v) is 3.78. The van der Waals surface area contributed by atoms with Crippen molar-refractivity contribution in [3.8, 4) is 17.7 Å². The van der Waals surface area contributed by atoms with Crippen LogP contribution in [0.5, 0.6) is 11.6 Å². The molecule has 0 aliphatic carbocycles. The minimum Gasteiger partial charge on any atom is -0.438 e. The summed E-state index contributed by atoms with van der Waals surface area (Å²) in [5.74, 6) is 1.65. The minimum atomic E-state index is -0.0550. The molecule has 7 nitrogen and oxygen atoms in total. The van der Waals surface area contributed by atoms with Crippen LogP contribution in [0.3, 0.4) is 0 Å². The molecule has 2 aromatic heterocycles. The third-order valence-corrected chi connectivity index (χ3v) is 5.69. The van der Waals surface area contributed by atoms with E-state index in [0.29, 0.717) is 16.3 Å². The number of anilines is 2. The largest absolute Gasteiger partial charge is 0.438 e. The fourth-order valence-electron chi connectivity index (χ4n) is 3.67. The van der Waals surface area contributed by atoms with Crippen LogP contribution < -0.4 is 15.0 Å². The monoisotopic (exact) mass is 447 g/mol. The molecule has 1 aliphatic rings. The van der Waals surface area contributed by atoms with Gasteiger partial charge in [0.2, 0.25) is 11.8 Å². The van der Waals surface area contributed by atoms with E-state index >= 15 is 0 Å². The second-order valence-corrected chi connectivity index (χ2v) is 8.07. The van der Waals surface area contributed by atoms with E-state index in [9.17, 15) is 10.1 Å². The van der Waals surface area contributed by atoms with E-state index in [-0.39, 0.29) is 17.7 Å². The Hall–Kier alpha value is -3.63. The molecule has 0 radical (unpaired) electrons. The Bertz CT molecular complexity index is 1150. The third kappa shape index (κ3) is 4.98. The third-order valence-electron chi connectivity index (χ3n) is 5.46. The van der Waals surface area contributed by atoms with E-state index in [0.717, 1.165) is 43.0 Å². The van der Waals surface area contributed by atoms with Crippen molar-refractivity contribution >= 4 is 29.0 Å². The number of piperidine rings is 1. The zero-order valence-corrected chi connectivity index (χ0v) is 18.3. The molecular weight excluding hydrogens is 426 g/mol. The van der Waals surface area contributed by atoms with Gasteiger partial charge in [0, 0.05) is 37.1 Å². The lowest BCUT2D eigenvalue weighted by atomic mass is 9.95. The van der Waals surface area contributed by atoms with E-state index in [1.165, 1.54) is 0 Å². The van der Waals surface area contributed by atoms with E-state index in [4.69, 9.17) is 16.3 Å². The summed E-state index contributed by atoms with van der Waals surface area (Å²) >= 11 is 5.91. The molecule has 162 valence electrons. The fraction of sp³-hybridized carbons (Fsp3) is 0.250. The highest BCUT2D eigenvalue weighted by molar-refractivity contribution is 6.30. The number of ether oxygens (including phenoxy) is 1. The van der Waals surface area contributed by atoms with Crippen molar-refractivity contribution in [2.24, 2.45) is 5.92 Å². The highest BCUT2D eigenvalue weighted by Gasteiger charge is 2.26. The van der Waals surface area contributed by atoms with Crippen LogP contribution in [-0.4, -0.2) is 29.0 Å². The first-order valence-electron chi connectivity index (χ1n) is 10.3. The number of nitrogens with one attached hydrogen (secondary N) is 1. The number of carbonyl (C=O) groups is 1. The Labute approximate surface area is 191 Å². The Morgan fingerprint density at radius 1 is 1.22 bits per heavy atom. The van der Waals surface area contributed by atoms with Crippen LogP contribution in [0, 0.1) is 24.2 Å². The molecule has 0 spiro atoms. The van der Waals surface area contributed by atoms with E-state index in [1.54, 1.807) is 30.6 Å². The lowest BCUT2D eigenvalue weighted by molar-refractivity contribution is -0.120. The first-order chi connectivity index (χ1) is 15.5. The van der Waals surface area contributed by atoms with Crippen LogP contribution in [-0.2, 0) is 4.79 Å². The van der Waals surface area contributed by atoms with Crippen LogP contribution in [0.4, 0.5) is 11.5 Å². The van der Waals surface area contributed by atoms with Crippen molar-refractivity contribution in [1.29, 1.82) is 5.26 Å². The molecule has 3 aromatic rings. The molecule has 1 amide bonds. The number of carbonyl (C=O) groups excluding carboxylic acids is 1. The van der Waals surface area contributed by atoms with Crippen molar-refractivity contribution < 1.29 is 9.53 Å². The predicted molar refractivity (Wildman–Crippen MR) is 123 cm³/mol. The van der Waals surface area contributed by atoms with E-state index < -0.39 is 0 Å². The van der Waals surface area contributed by atoms with E-state index in [2.05, 4.69) is 26.3 Å². The van der Waals surface area contributed by atoms with Gasteiger partial charge >= 0.3 is 0 Å². The number of nitrogens with zero attached hydrogens (tertiary/aromatic N) is 4. The molecule has 0 atom stereocenters. The number of rotatable bonds is 5. The van der Waals surface area contributed by atoms with Crippen molar-refractivity contribution in [3.63, 3.8) is 0 Å². The van der Waals surface area contributed by atoms with Crippen molar-refractivity contribution in [1.82, 2.24) is 9.97 Å². The first-order valence-corrected chi connectivity index (χ1v) is 10.7. The molecule has 8 heteroatoms. The first kappa shape index (κ1) is 21.6. The number of aromatic nitrogens is 2. The predicted octanol–water partition coefficient (Wildman–Crippen LogP) is 4.96. The standard InChI is InChI=1S/C24H22ClN5O2/c1-16-13-20(32-24-18(14-26)3-2-10-27-24)5-6-21(16)29-23(31)17-8-11-30(12-9-17)22-7-4-19(25)15-28-22/h2-7,10,13,15,17H,8-9,11-12H2,1H3,(H,29,31). The molecule has 1 aromatic carbocycles. The molecule has 1 aliphatic heterocycles. The van der Waals surface area contributed by atoms with Gasteiger partial charge < -0.3 is 15.0 Å².